The molecule has 0 amide bonds. The van der Waals surface area contributed by atoms with Gasteiger partial charge in [0.05, 0.1) is 0 Å². The molecule has 0 saturated carbocycles. The van der Waals surface area contributed by atoms with Crippen LogP contribution in [0.15, 0.2) is 0 Å². The van der Waals surface area contributed by atoms with E-state index in [2.05, 4.69) is 6.92 Å². The van der Waals surface area contributed by atoms with Gasteiger partial charge in [0.1, 0.15) is 0 Å². The molecule has 0 aliphatic carbocycles. The first kappa shape index (κ1) is 18.4. The summed E-state index contributed by atoms with van der Waals surface area (Å²) in [6, 6.07) is 0.955. The molecule has 0 aliphatic rings. The summed E-state index contributed by atoms with van der Waals surface area (Å²) in [5.41, 5.74) is 0. The standard InChI is InChI=1S/C11H26O3Si.FH/c1-5-9-10-11-15(12-6-2,13-7-3)14-8-4;/h5-11H2,1-4H3;1H. The lowest BCUT2D eigenvalue weighted by molar-refractivity contribution is 0.0707. The van der Waals surface area contributed by atoms with Crippen LogP contribution in [0.25, 0.3) is 0 Å². The van der Waals surface area contributed by atoms with Gasteiger partial charge in [0.15, 0.2) is 0 Å². The Balaban J connectivity index is 0. The highest BCUT2D eigenvalue weighted by atomic mass is 28.4. The lowest BCUT2D eigenvalue weighted by atomic mass is 10.3. The van der Waals surface area contributed by atoms with Gasteiger partial charge in [0, 0.05) is 25.9 Å². The molecule has 0 atom stereocenters. The van der Waals surface area contributed by atoms with Crippen molar-refractivity contribution in [3.63, 3.8) is 0 Å². The Morgan fingerprint density at radius 2 is 1.19 bits per heavy atom. The first-order valence-corrected chi connectivity index (χ1v) is 8.09. The molecule has 0 fully saturated rings. The van der Waals surface area contributed by atoms with E-state index in [9.17, 15) is 0 Å². The monoisotopic (exact) mass is 254 g/mol. The number of hydrogen-bond donors (Lipinski definition) is 0. The van der Waals surface area contributed by atoms with Crippen LogP contribution in [0.5, 0.6) is 0 Å². The van der Waals surface area contributed by atoms with E-state index in [4.69, 9.17) is 13.3 Å². The van der Waals surface area contributed by atoms with Gasteiger partial charge in [-0.25, -0.2) is 0 Å². The molecule has 0 saturated heterocycles. The molecular formula is C11H27FO3Si. The Bertz CT molecular complexity index is 130. The van der Waals surface area contributed by atoms with Crippen molar-refractivity contribution in [2.75, 3.05) is 19.8 Å². The zero-order valence-electron chi connectivity index (χ0n) is 11.1. The molecule has 0 aromatic carbocycles. The Kier molecular flexibility index (Phi) is 13.2. The van der Waals surface area contributed by atoms with E-state index in [1.54, 1.807) is 0 Å². The van der Waals surface area contributed by atoms with Gasteiger partial charge in [0.25, 0.3) is 0 Å². The summed E-state index contributed by atoms with van der Waals surface area (Å²) in [5, 5.41) is 0. The maximum absolute atomic E-state index is 5.75. The highest BCUT2D eigenvalue weighted by molar-refractivity contribution is 6.60. The molecule has 0 N–H and O–H groups in total. The van der Waals surface area contributed by atoms with Gasteiger partial charge in [-0.1, -0.05) is 19.8 Å². The topological polar surface area (TPSA) is 27.7 Å². The summed E-state index contributed by atoms with van der Waals surface area (Å²) < 4.78 is 17.3. The van der Waals surface area contributed by atoms with Gasteiger partial charge >= 0.3 is 8.80 Å². The Morgan fingerprint density at radius 1 is 0.750 bits per heavy atom. The summed E-state index contributed by atoms with van der Waals surface area (Å²) >= 11 is 0. The first-order valence-electron chi connectivity index (χ1n) is 6.16. The molecule has 0 aliphatic heterocycles. The van der Waals surface area contributed by atoms with Crippen molar-refractivity contribution in [3.05, 3.63) is 0 Å². The summed E-state index contributed by atoms with van der Waals surface area (Å²) in [6.45, 7) is 10.2. The SMILES string of the molecule is CCCCC[Si](OCC)(OCC)OCC.F. The van der Waals surface area contributed by atoms with E-state index in [-0.39, 0.29) is 4.70 Å². The molecule has 0 aromatic heterocycles. The summed E-state index contributed by atoms with van der Waals surface area (Å²) in [7, 11) is -2.33. The quantitative estimate of drug-likeness (QED) is 0.442. The molecule has 0 unspecified atom stereocenters. The molecule has 0 bridgehead atoms. The van der Waals surface area contributed by atoms with Crippen LogP contribution in [0.1, 0.15) is 47.0 Å². The fourth-order valence-electron chi connectivity index (χ4n) is 1.59. The average Bonchev–Trinajstić information content (AvgIpc) is 2.19. The minimum absolute atomic E-state index is 0. The second kappa shape index (κ2) is 11.5. The molecule has 0 rings (SSSR count). The predicted octanol–water partition coefficient (Wildman–Crippen LogP) is 3.38. The van der Waals surface area contributed by atoms with E-state index < -0.39 is 8.80 Å². The van der Waals surface area contributed by atoms with Crippen molar-refractivity contribution in [1.82, 2.24) is 0 Å². The molecule has 0 radical (unpaired) electrons. The van der Waals surface area contributed by atoms with Gasteiger partial charge < -0.3 is 13.3 Å². The fourth-order valence-corrected chi connectivity index (χ4v) is 4.28. The summed E-state index contributed by atoms with van der Waals surface area (Å²) in [5.74, 6) is 0. The third-order valence-electron chi connectivity index (χ3n) is 2.18. The third kappa shape index (κ3) is 7.32. The van der Waals surface area contributed by atoms with E-state index in [1.807, 2.05) is 20.8 Å². The largest absolute Gasteiger partial charge is 0.500 e. The van der Waals surface area contributed by atoms with Crippen LogP contribution in [-0.2, 0) is 13.3 Å². The third-order valence-corrected chi connectivity index (χ3v) is 5.33. The van der Waals surface area contributed by atoms with Crippen molar-refractivity contribution in [2.45, 2.75) is 53.0 Å². The normalized spacial score (nSPS) is 11.2. The highest BCUT2D eigenvalue weighted by Crippen LogP contribution is 2.19. The molecule has 0 spiro atoms. The van der Waals surface area contributed by atoms with E-state index in [0.29, 0.717) is 19.8 Å². The van der Waals surface area contributed by atoms with E-state index in [0.717, 1.165) is 12.5 Å². The maximum Gasteiger partial charge on any atom is 0.500 e. The summed E-state index contributed by atoms with van der Waals surface area (Å²) in [6.07, 6.45) is 3.58. The van der Waals surface area contributed by atoms with Crippen LogP contribution in [0.2, 0.25) is 6.04 Å². The lowest BCUT2D eigenvalue weighted by Crippen LogP contribution is -2.45. The second-order valence-corrected chi connectivity index (χ2v) is 6.17. The van der Waals surface area contributed by atoms with Crippen molar-refractivity contribution < 1.29 is 18.0 Å². The zero-order valence-corrected chi connectivity index (χ0v) is 12.1. The Hall–Kier alpha value is 0.0269. The minimum atomic E-state index is -2.33. The number of halogens is 1. The lowest BCUT2D eigenvalue weighted by Gasteiger charge is -2.28. The number of rotatable bonds is 10. The van der Waals surface area contributed by atoms with Crippen LogP contribution in [-0.4, -0.2) is 28.6 Å². The van der Waals surface area contributed by atoms with Gasteiger partial charge in [-0.2, -0.15) is 0 Å². The molecule has 3 nitrogen and oxygen atoms in total. The molecular weight excluding hydrogens is 227 g/mol. The van der Waals surface area contributed by atoms with E-state index in [1.165, 1.54) is 12.8 Å². The van der Waals surface area contributed by atoms with Crippen LogP contribution >= 0.6 is 0 Å². The molecule has 0 heterocycles. The number of hydrogen-bond acceptors (Lipinski definition) is 3. The van der Waals surface area contributed by atoms with Crippen molar-refractivity contribution in [3.8, 4) is 0 Å². The zero-order chi connectivity index (χ0) is 11.6. The van der Waals surface area contributed by atoms with Crippen LogP contribution in [0, 0.1) is 0 Å². The second-order valence-electron chi connectivity index (χ2n) is 3.44. The van der Waals surface area contributed by atoms with Crippen LogP contribution < -0.4 is 0 Å². The van der Waals surface area contributed by atoms with Gasteiger partial charge in [-0.3, -0.25) is 4.70 Å². The van der Waals surface area contributed by atoms with Crippen LogP contribution in [0.4, 0.5) is 4.70 Å². The van der Waals surface area contributed by atoms with Gasteiger partial charge in [-0.15, -0.1) is 0 Å². The Labute approximate surface area is 100 Å². The van der Waals surface area contributed by atoms with Crippen molar-refractivity contribution in [2.24, 2.45) is 0 Å². The minimum Gasteiger partial charge on any atom is -0.374 e. The van der Waals surface area contributed by atoms with Crippen molar-refractivity contribution >= 4 is 8.80 Å². The predicted molar refractivity (Wildman–Crippen MR) is 67.5 cm³/mol. The molecule has 16 heavy (non-hydrogen) atoms. The molecule has 5 heteroatoms. The average molecular weight is 254 g/mol. The molecule has 0 aromatic rings. The van der Waals surface area contributed by atoms with Crippen LogP contribution in [0.3, 0.4) is 0 Å². The van der Waals surface area contributed by atoms with E-state index >= 15 is 0 Å². The summed E-state index contributed by atoms with van der Waals surface area (Å²) in [4.78, 5) is 0. The molecule has 100 valence electrons. The fraction of sp³-hybridized carbons (Fsp3) is 1.00. The maximum atomic E-state index is 5.75. The number of unbranched alkanes of at least 4 members (excludes halogenated alkanes) is 2. The highest BCUT2D eigenvalue weighted by Gasteiger charge is 2.39. The van der Waals surface area contributed by atoms with Crippen molar-refractivity contribution in [1.29, 1.82) is 0 Å². The first-order chi connectivity index (χ1) is 7.24. The Morgan fingerprint density at radius 3 is 1.50 bits per heavy atom. The van der Waals surface area contributed by atoms with Gasteiger partial charge in [-0.05, 0) is 27.2 Å². The van der Waals surface area contributed by atoms with Gasteiger partial charge in [0.2, 0.25) is 0 Å². The smallest absolute Gasteiger partial charge is 0.374 e.